The topological polar surface area (TPSA) is 165 Å². The minimum atomic E-state index is -0.539. The smallest absolute Gasteiger partial charge is 0.248 e. The second-order valence-electron chi connectivity index (χ2n) is 11.6. The Morgan fingerprint density at radius 1 is 0.977 bits per heavy atom. The number of rotatable bonds is 7. The number of hydrogen-bond donors (Lipinski definition) is 3. The van der Waals surface area contributed by atoms with Crippen LogP contribution in [0.25, 0.3) is 0 Å². The standard InChI is InChI=1S/C30H34N10O3/c41-17-27(43)39-8-5-18(6-9-39)28-29(35-25(34-28)13-26(42)40-10-7-23-24(16-40)37-38-36-23)21-14-31-30(32-15-21)33-22-11-19-3-1-2-4-20(19)12-22/h1-4,14-15,18,22,25,41H,5-13,16-17H2,(H,31,32,33)(H,36,37,38). The van der Waals surface area contributed by atoms with E-state index in [0.29, 0.717) is 57.1 Å². The van der Waals surface area contributed by atoms with Crippen molar-refractivity contribution < 1.29 is 14.7 Å². The van der Waals surface area contributed by atoms with Crippen molar-refractivity contribution in [2.45, 2.75) is 57.3 Å². The Morgan fingerprint density at radius 2 is 1.72 bits per heavy atom. The van der Waals surface area contributed by atoms with Crippen LogP contribution in [0.4, 0.5) is 5.95 Å². The van der Waals surface area contributed by atoms with Crippen LogP contribution >= 0.6 is 0 Å². The lowest BCUT2D eigenvalue weighted by molar-refractivity contribution is -0.135. The molecule has 3 N–H and O–H groups in total. The molecule has 0 saturated carbocycles. The molecular weight excluding hydrogens is 548 g/mol. The van der Waals surface area contributed by atoms with Crippen molar-refractivity contribution in [1.29, 1.82) is 0 Å². The van der Waals surface area contributed by atoms with Crippen molar-refractivity contribution in [3.05, 3.63) is 64.7 Å². The summed E-state index contributed by atoms with van der Waals surface area (Å²) in [6, 6.07) is 8.73. The third-order valence-corrected chi connectivity index (χ3v) is 8.87. The first-order valence-electron chi connectivity index (χ1n) is 14.9. The Bertz CT molecular complexity index is 1550. The van der Waals surface area contributed by atoms with Crippen molar-refractivity contribution in [2.75, 3.05) is 31.6 Å². The normalized spacial score (nSPS) is 20.4. The molecule has 0 spiro atoms. The Balaban J connectivity index is 1.07. The van der Waals surface area contributed by atoms with Gasteiger partial charge in [-0.3, -0.25) is 24.7 Å². The van der Waals surface area contributed by atoms with Crippen LogP contribution in [0.3, 0.4) is 0 Å². The van der Waals surface area contributed by atoms with Gasteiger partial charge in [0.25, 0.3) is 0 Å². The van der Waals surface area contributed by atoms with Crippen LogP contribution in [0.15, 0.2) is 46.6 Å². The maximum absolute atomic E-state index is 13.3. The van der Waals surface area contributed by atoms with Crippen LogP contribution in [0.1, 0.15) is 47.3 Å². The van der Waals surface area contributed by atoms with Crippen LogP contribution in [0, 0.1) is 5.92 Å². The number of aliphatic hydroxyl groups excluding tert-OH is 1. The molecule has 1 aliphatic carbocycles. The molecule has 43 heavy (non-hydrogen) atoms. The number of carbonyl (C=O) groups is 2. The average Bonchev–Trinajstić information content (AvgIpc) is 3.79. The number of nitrogens with zero attached hydrogens (tertiary/aromatic N) is 8. The number of amides is 2. The summed E-state index contributed by atoms with van der Waals surface area (Å²) in [7, 11) is 0. The van der Waals surface area contributed by atoms with E-state index in [9.17, 15) is 14.7 Å². The Kier molecular flexibility index (Phi) is 7.39. The van der Waals surface area contributed by atoms with Crippen LogP contribution in [-0.4, -0.2) is 102 Å². The molecule has 7 rings (SSSR count). The molecule has 1 aromatic carbocycles. The largest absolute Gasteiger partial charge is 0.387 e. The fourth-order valence-electron chi connectivity index (χ4n) is 6.55. The van der Waals surface area contributed by atoms with E-state index in [4.69, 9.17) is 9.98 Å². The van der Waals surface area contributed by atoms with Gasteiger partial charge in [-0.05, 0) is 36.8 Å². The zero-order valence-electron chi connectivity index (χ0n) is 23.8. The van der Waals surface area contributed by atoms with Gasteiger partial charge in [0.05, 0.1) is 30.1 Å². The SMILES string of the molecule is O=C(CO)N1CCC(C2=NC(CC(=O)N3CCc4[nH]nnc4C3)N=C2c2cnc(NC3Cc4ccccc4C3)nc2)CC1. The summed E-state index contributed by atoms with van der Waals surface area (Å²) in [5, 5.41) is 23.6. The number of piperidine rings is 1. The summed E-state index contributed by atoms with van der Waals surface area (Å²) in [5.41, 5.74) is 6.80. The number of nitrogens with one attached hydrogen (secondary N) is 2. The van der Waals surface area contributed by atoms with Gasteiger partial charge in [-0.1, -0.05) is 29.5 Å². The lowest BCUT2D eigenvalue weighted by Crippen LogP contribution is -2.42. The Morgan fingerprint density at radius 3 is 2.44 bits per heavy atom. The number of benzene rings is 1. The van der Waals surface area contributed by atoms with Crippen LogP contribution in [0.2, 0.25) is 0 Å². The monoisotopic (exact) mass is 582 g/mol. The molecule has 1 saturated heterocycles. The summed E-state index contributed by atoms with van der Waals surface area (Å²) < 4.78 is 0. The van der Waals surface area contributed by atoms with Gasteiger partial charge in [-0.25, -0.2) is 9.97 Å². The molecule has 2 aromatic heterocycles. The predicted molar refractivity (Wildman–Crippen MR) is 158 cm³/mol. The predicted octanol–water partition coefficient (Wildman–Crippen LogP) is 0.950. The molecule has 5 heterocycles. The molecule has 0 radical (unpaired) electrons. The Hall–Kier alpha value is -4.52. The number of aromatic nitrogens is 5. The van der Waals surface area contributed by atoms with E-state index >= 15 is 0 Å². The highest BCUT2D eigenvalue weighted by atomic mass is 16.3. The lowest BCUT2D eigenvalue weighted by Gasteiger charge is -2.32. The second-order valence-corrected chi connectivity index (χ2v) is 11.6. The van der Waals surface area contributed by atoms with Crippen molar-refractivity contribution in [3.8, 4) is 0 Å². The van der Waals surface area contributed by atoms with Crippen LogP contribution in [-0.2, 0) is 35.4 Å². The third kappa shape index (κ3) is 5.64. The highest BCUT2D eigenvalue weighted by molar-refractivity contribution is 6.50. The number of fused-ring (bicyclic) bond motifs is 2. The van der Waals surface area contributed by atoms with Gasteiger partial charge in [0, 0.05) is 56.0 Å². The molecule has 3 aliphatic heterocycles. The minimum Gasteiger partial charge on any atom is -0.387 e. The van der Waals surface area contributed by atoms with Gasteiger partial charge in [0.15, 0.2) is 0 Å². The number of anilines is 1. The van der Waals surface area contributed by atoms with Crippen molar-refractivity contribution in [2.24, 2.45) is 15.9 Å². The van der Waals surface area contributed by atoms with E-state index in [0.717, 1.165) is 35.5 Å². The molecule has 3 aromatic rings. The summed E-state index contributed by atoms with van der Waals surface area (Å²) in [5.74, 6) is 0.355. The van der Waals surface area contributed by atoms with E-state index < -0.39 is 12.8 Å². The van der Waals surface area contributed by atoms with Gasteiger partial charge >= 0.3 is 0 Å². The third-order valence-electron chi connectivity index (χ3n) is 8.87. The second kappa shape index (κ2) is 11.6. The highest BCUT2D eigenvalue weighted by Crippen LogP contribution is 2.28. The quantitative estimate of drug-likeness (QED) is 0.371. The number of aromatic amines is 1. The number of likely N-dealkylation sites (tertiary alicyclic amines) is 1. The maximum Gasteiger partial charge on any atom is 0.248 e. The molecule has 13 heteroatoms. The molecule has 222 valence electrons. The highest BCUT2D eigenvalue weighted by Gasteiger charge is 2.34. The number of carbonyl (C=O) groups excluding carboxylic acids is 2. The molecule has 1 unspecified atom stereocenters. The Labute approximate surface area is 248 Å². The summed E-state index contributed by atoms with van der Waals surface area (Å²) in [4.78, 5) is 47.9. The van der Waals surface area contributed by atoms with Crippen molar-refractivity contribution >= 4 is 29.2 Å². The van der Waals surface area contributed by atoms with Crippen molar-refractivity contribution in [1.82, 2.24) is 35.2 Å². The van der Waals surface area contributed by atoms with Crippen LogP contribution in [0.5, 0.6) is 0 Å². The number of aliphatic imine (C=N–C) groups is 2. The van der Waals surface area contributed by atoms with Gasteiger partial charge in [0.2, 0.25) is 17.8 Å². The number of hydrogen-bond acceptors (Lipinski definition) is 10. The van der Waals surface area contributed by atoms with Gasteiger partial charge < -0.3 is 20.2 Å². The van der Waals surface area contributed by atoms with E-state index in [-0.39, 0.29) is 30.2 Å². The first kappa shape index (κ1) is 27.3. The van der Waals surface area contributed by atoms with Gasteiger partial charge in [-0.2, -0.15) is 0 Å². The molecular formula is C30H34N10O3. The fourth-order valence-corrected chi connectivity index (χ4v) is 6.55. The van der Waals surface area contributed by atoms with Crippen molar-refractivity contribution in [3.63, 3.8) is 0 Å². The molecule has 1 fully saturated rings. The first-order chi connectivity index (χ1) is 21.0. The summed E-state index contributed by atoms with van der Waals surface area (Å²) in [6.07, 6.45) is 7.14. The molecule has 2 amide bonds. The minimum absolute atomic E-state index is 0.0246. The van der Waals surface area contributed by atoms with Gasteiger partial charge in [-0.15, -0.1) is 5.10 Å². The average molecular weight is 583 g/mol. The zero-order valence-corrected chi connectivity index (χ0v) is 23.8. The molecule has 1 atom stereocenters. The molecule has 13 nitrogen and oxygen atoms in total. The molecule has 0 bridgehead atoms. The van der Waals surface area contributed by atoms with Crippen LogP contribution < -0.4 is 5.32 Å². The van der Waals surface area contributed by atoms with E-state index in [1.54, 1.807) is 22.2 Å². The zero-order chi connectivity index (χ0) is 29.3. The lowest BCUT2D eigenvalue weighted by atomic mass is 9.88. The number of H-pyrrole nitrogens is 1. The fraction of sp³-hybridized carbons (Fsp3) is 0.467. The van der Waals surface area contributed by atoms with E-state index in [1.807, 2.05) is 0 Å². The summed E-state index contributed by atoms with van der Waals surface area (Å²) >= 11 is 0. The van der Waals surface area contributed by atoms with Gasteiger partial charge in [0.1, 0.15) is 18.5 Å². The molecule has 4 aliphatic rings. The number of aliphatic hydroxyl groups is 1. The summed E-state index contributed by atoms with van der Waals surface area (Å²) in [6.45, 7) is 1.62. The first-order valence-corrected chi connectivity index (χ1v) is 14.9. The van der Waals surface area contributed by atoms with E-state index in [2.05, 4.69) is 55.0 Å². The maximum atomic E-state index is 13.3. The van der Waals surface area contributed by atoms with E-state index in [1.165, 1.54) is 11.1 Å².